The lowest BCUT2D eigenvalue weighted by atomic mass is 10.0. The minimum absolute atomic E-state index is 0.0961. The second-order valence-corrected chi connectivity index (χ2v) is 5.93. The third kappa shape index (κ3) is 4.47. The second-order valence-electron chi connectivity index (χ2n) is 5.12. The fraction of sp³-hybridized carbons (Fsp3) is 0.176. The van der Waals surface area contributed by atoms with Crippen LogP contribution in [0, 0.1) is 0 Å². The summed E-state index contributed by atoms with van der Waals surface area (Å²) < 4.78 is 0. The molecule has 0 aliphatic carbocycles. The summed E-state index contributed by atoms with van der Waals surface area (Å²) in [6, 6.07) is 11.8. The van der Waals surface area contributed by atoms with Crippen molar-refractivity contribution in [3.8, 4) is 0 Å². The monoisotopic (exact) mass is 367 g/mol. The first-order chi connectivity index (χ1) is 11.4. The number of aliphatic hydroxyl groups is 1. The van der Waals surface area contributed by atoms with Gasteiger partial charge in [0.2, 0.25) is 0 Å². The molecule has 7 heteroatoms. The quantitative estimate of drug-likeness (QED) is 0.732. The summed E-state index contributed by atoms with van der Waals surface area (Å²) in [5.41, 5.74) is 0.789. The van der Waals surface area contributed by atoms with Crippen LogP contribution in [-0.4, -0.2) is 28.1 Å². The average molecular weight is 368 g/mol. The average Bonchev–Trinajstić information content (AvgIpc) is 2.57. The van der Waals surface area contributed by atoms with Crippen molar-refractivity contribution in [1.82, 2.24) is 5.32 Å². The van der Waals surface area contributed by atoms with Gasteiger partial charge in [-0.05, 0) is 23.3 Å². The maximum absolute atomic E-state index is 12.1. The van der Waals surface area contributed by atoms with E-state index in [0.29, 0.717) is 21.2 Å². The summed E-state index contributed by atoms with van der Waals surface area (Å²) in [6.07, 6.45) is -1.56. The number of aliphatic carboxylic acids is 1. The highest BCUT2D eigenvalue weighted by molar-refractivity contribution is 6.36. The summed E-state index contributed by atoms with van der Waals surface area (Å²) >= 11 is 12.1. The molecular formula is C17H15Cl2NO4. The summed E-state index contributed by atoms with van der Waals surface area (Å²) in [7, 11) is 0. The Hall–Kier alpha value is -2.08. The molecule has 2 rings (SSSR count). The lowest BCUT2D eigenvalue weighted by Gasteiger charge is -2.18. The topological polar surface area (TPSA) is 86.6 Å². The van der Waals surface area contributed by atoms with E-state index < -0.39 is 24.0 Å². The molecule has 2 aromatic carbocycles. The lowest BCUT2D eigenvalue weighted by Crippen LogP contribution is -2.44. The Morgan fingerprint density at radius 3 is 2.12 bits per heavy atom. The van der Waals surface area contributed by atoms with Crippen LogP contribution in [0.15, 0.2) is 48.5 Å². The van der Waals surface area contributed by atoms with Crippen molar-refractivity contribution in [2.45, 2.75) is 18.6 Å². The highest BCUT2D eigenvalue weighted by Gasteiger charge is 2.26. The van der Waals surface area contributed by atoms with Crippen molar-refractivity contribution in [3.63, 3.8) is 0 Å². The van der Waals surface area contributed by atoms with Gasteiger partial charge in [0.05, 0.1) is 0 Å². The molecule has 126 valence electrons. The van der Waals surface area contributed by atoms with E-state index >= 15 is 0 Å². The van der Waals surface area contributed by atoms with Crippen LogP contribution >= 0.6 is 23.2 Å². The zero-order valence-electron chi connectivity index (χ0n) is 12.4. The molecule has 2 aromatic rings. The Balaban J connectivity index is 2.14. The number of carboxylic acid groups (broad SMARTS) is 1. The lowest BCUT2D eigenvalue weighted by molar-refractivity contribution is -0.143. The van der Waals surface area contributed by atoms with Crippen LogP contribution in [0.3, 0.4) is 0 Å². The molecule has 0 unspecified atom stereocenters. The zero-order valence-corrected chi connectivity index (χ0v) is 14.0. The Labute approximate surface area is 148 Å². The van der Waals surface area contributed by atoms with Crippen molar-refractivity contribution in [3.05, 3.63) is 69.7 Å². The molecule has 24 heavy (non-hydrogen) atoms. The summed E-state index contributed by atoms with van der Waals surface area (Å²) in [5.74, 6) is -2.06. The number of rotatable bonds is 6. The fourth-order valence-electron chi connectivity index (χ4n) is 2.17. The van der Waals surface area contributed by atoms with Gasteiger partial charge in [0.25, 0.3) is 5.91 Å². The number of nitrogens with one attached hydrogen (secondary N) is 1. The van der Waals surface area contributed by atoms with Crippen LogP contribution in [0.2, 0.25) is 10.0 Å². The Morgan fingerprint density at radius 2 is 1.58 bits per heavy atom. The first-order valence-corrected chi connectivity index (χ1v) is 7.85. The van der Waals surface area contributed by atoms with E-state index in [1.807, 2.05) is 0 Å². The standard InChI is InChI=1S/C17H15Cl2NO4/c18-12-7-4-8-13(19)11(12)9-14(17(23)24)20-16(22)15(21)10-5-2-1-3-6-10/h1-8,14-15,21H,9H2,(H,20,22)(H,23,24)/t14-,15-/m0/s1. The number of halogens is 2. The molecule has 0 saturated heterocycles. The van der Waals surface area contributed by atoms with E-state index in [-0.39, 0.29) is 6.42 Å². The molecule has 0 bridgehead atoms. The number of carboxylic acids is 1. The predicted octanol–water partition coefficient (Wildman–Crippen LogP) is 2.84. The number of benzene rings is 2. The van der Waals surface area contributed by atoms with Crippen molar-refractivity contribution >= 4 is 35.1 Å². The third-order valence-electron chi connectivity index (χ3n) is 3.45. The van der Waals surface area contributed by atoms with Crippen molar-refractivity contribution < 1.29 is 19.8 Å². The van der Waals surface area contributed by atoms with E-state index in [1.165, 1.54) is 0 Å². The van der Waals surface area contributed by atoms with Crippen LogP contribution in [-0.2, 0) is 16.0 Å². The van der Waals surface area contributed by atoms with Crippen molar-refractivity contribution in [2.24, 2.45) is 0 Å². The number of hydrogen-bond donors (Lipinski definition) is 3. The van der Waals surface area contributed by atoms with Gasteiger partial charge in [0.1, 0.15) is 6.04 Å². The minimum atomic E-state index is -1.46. The van der Waals surface area contributed by atoms with Gasteiger partial charge >= 0.3 is 5.97 Å². The third-order valence-corrected chi connectivity index (χ3v) is 4.16. The molecule has 0 spiro atoms. The minimum Gasteiger partial charge on any atom is -0.480 e. The molecular weight excluding hydrogens is 353 g/mol. The molecule has 0 aliphatic heterocycles. The van der Waals surface area contributed by atoms with Gasteiger partial charge < -0.3 is 15.5 Å². The Kier molecular flexibility index (Phi) is 6.20. The first kappa shape index (κ1) is 18.3. The molecule has 3 N–H and O–H groups in total. The van der Waals surface area contributed by atoms with Crippen LogP contribution in [0.1, 0.15) is 17.2 Å². The number of carbonyl (C=O) groups is 2. The zero-order chi connectivity index (χ0) is 17.7. The highest BCUT2D eigenvalue weighted by Crippen LogP contribution is 2.25. The van der Waals surface area contributed by atoms with Crippen molar-refractivity contribution in [1.29, 1.82) is 0 Å². The van der Waals surface area contributed by atoms with Gasteiger partial charge in [0.15, 0.2) is 6.10 Å². The van der Waals surface area contributed by atoms with E-state index in [4.69, 9.17) is 23.2 Å². The number of aliphatic hydroxyl groups excluding tert-OH is 1. The van der Waals surface area contributed by atoms with E-state index in [1.54, 1.807) is 48.5 Å². The smallest absolute Gasteiger partial charge is 0.326 e. The molecule has 0 fully saturated rings. The van der Waals surface area contributed by atoms with Crippen LogP contribution in [0.4, 0.5) is 0 Å². The van der Waals surface area contributed by atoms with Gasteiger partial charge in [0, 0.05) is 16.5 Å². The molecule has 5 nitrogen and oxygen atoms in total. The number of carbonyl (C=O) groups excluding carboxylic acids is 1. The largest absolute Gasteiger partial charge is 0.480 e. The van der Waals surface area contributed by atoms with E-state index in [0.717, 1.165) is 0 Å². The predicted molar refractivity (Wildman–Crippen MR) is 91.1 cm³/mol. The van der Waals surface area contributed by atoms with E-state index in [2.05, 4.69) is 5.32 Å². The van der Waals surface area contributed by atoms with Crippen LogP contribution in [0.5, 0.6) is 0 Å². The molecule has 2 atom stereocenters. The maximum Gasteiger partial charge on any atom is 0.326 e. The van der Waals surface area contributed by atoms with Gasteiger partial charge in [-0.15, -0.1) is 0 Å². The molecule has 1 amide bonds. The fourth-order valence-corrected chi connectivity index (χ4v) is 2.72. The molecule has 0 saturated carbocycles. The molecule has 0 aliphatic rings. The Morgan fingerprint density at radius 1 is 1.00 bits per heavy atom. The number of amides is 1. The highest BCUT2D eigenvalue weighted by atomic mass is 35.5. The van der Waals surface area contributed by atoms with Gasteiger partial charge in [-0.25, -0.2) is 4.79 Å². The SMILES string of the molecule is O=C(O)[C@H](Cc1c(Cl)cccc1Cl)NC(=O)[C@@H](O)c1ccccc1. The molecule has 0 heterocycles. The first-order valence-electron chi connectivity index (χ1n) is 7.09. The van der Waals surface area contributed by atoms with E-state index in [9.17, 15) is 19.8 Å². The summed E-state index contributed by atoms with van der Waals surface area (Å²) in [6.45, 7) is 0. The number of hydrogen-bond acceptors (Lipinski definition) is 3. The van der Waals surface area contributed by atoms with Gasteiger partial charge in [-0.3, -0.25) is 4.79 Å². The van der Waals surface area contributed by atoms with Crippen LogP contribution < -0.4 is 5.32 Å². The maximum atomic E-state index is 12.1. The van der Waals surface area contributed by atoms with Gasteiger partial charge in [-0.2, -0.15) is 0 Å². The molecule has 0 radical (unpaired) electrons. The van der Waals surface area contributed by atoms with Gasteiger partial charge in [-0.1, -0.05) is 59.6 Å². The summed E-state index contributed by atoms with van der Waals surface area (Å²) in [4.78, 5) is 23.6. The normalized spacial score (nSPS) is 13.1. The van der Waals surface area contributed by atoms with Crippen molar-refractivity contribution in [2.75, 3.05) is 0 Å². The Bertz CT molecular complexity index is 716. The molecule has 0 aromatic heterocycles. The second kappa shape index (κ2) is 8.15. The van der Waals surface area contributed by atoms with Crippen LogP contribution in [0.25, 0.3) is 0 Å². The summed E-state index contributed by atoms with van der Waals surface area (Å²) in [5, 5.41) is 22.3.